The molecule has 0 amide bonds. The molecular formula is C9H16BN3O2. The van der Waals surface area contributed by atoms with Gasteiger partial charge in [-0.25, -0.2) is 0 Å². The molecule has 2 heterocycles. The lowest BCUT2D eigenvalue weighted by atomic mass is 9.83. The van der Waals surface area contributed by atoms with Gasteiger partial charge in [-0.15, -0.1) is 0 Å². The summed E-state index contributed by atoms with van der Waals surface area (Å²) in [6.07, 6.45) is 5.38. The zero-order valence-electron chi connectivity index (χ0n) is 8.87. The van der Waals surface area contributed by atoms with E-state index < -0.39 is 7.12 Å². The topological polar surface area (TPSA) is 61.5 Å². The molecule has 1 aliphatic heterocycles. The van der Waals surface area contributed by atoms with E-state index in [2.05, 4.69) is 17.0 Å². The number of aromatic nitrogens is 2. The minimum absolute atomic E-state index is 0.397. The molecular weight excluding hydrogens is 193 g/mol. The van der Waals surface area contributed by atoms with E-state index >= 15 is 0 Å². The van der Waals surface area contributed by atoms with Gasteiger partial charge in [-0.1, -0.05) is 0 Å². The summed E-state index contributed by atoms with van der Waals surface area (Å²) >= 11 is 0. The predicted molar refractivity (Wildman–Crippen MR) is 57.8 cm³/mol. The molecule has 0 saturated carbocycles. The smallest absolute Gasteiger partial charge is 0.423 e. The van der Waals surface area contributed by atoms with Crippen LogP contribution in [0.4, 0.5) is 0 Å². The first-order chi connectivity index (χ1) is 7.16. The molecule has 0 unspecified atom stereocenters. The maximum absolute atomic E-state index is 8.97. The second-order valence-electron chi connectivity index (χ2n) is 4.16. The van der Waals surface area contributed by atoms with E-state index in [9.17, 15) is 0 Å². The molecule has 2 N–H and O–H groups in total. The Hall–Kier alpha value is -0.845. The lowest BCUT2D eigenvalue weighted by Gasteiger charge is -2.28. The van der Waals surface area contributed by atoms with Crippen LogP contribution < -0.4 is 5.46 Å². The van der Waals surface area contributed by atoms with Crippen LogP contribution in [-0.4, -0.2) is 52.0 Å². The SMILES string of the molecule is CN1CCC(n2cc(B(O)O)cn2)CC1. The minimum atomic E-state index is -1.41. The molecule has 0 spiro atoms. The number of nitrogens with zero attached hydrogens (tertiary/aromatic N) is 3. The summed E-state index contributed by atoms with van der Waals surface area (Å²) < 4.78 is 1.85. The third-order valence-corrected chi connectivity index (χ3v) is 2.98. The van der Waals surface area contributed by atoms with E-state index in [1.165, 1.54) is 6.20 Å². The van der Waals surface area contributed by atoms with Gasteiger partial charge in [0.25, 0.3) is 0 Å². The molecule has 1 aromatic heterocycles. The molecule has 2 rings (SSSR count). The Morgan fingerprint density at radius 3 is 2.60 bits per heavy atom. The van der Waals surface area contributed by atoms with Gasteiger partial charge in [0.05, 0.1) is 6.04 Å². The van der Waals surface area contributed by atoms with Gasteiger partial charge in [-0.3, -0.25) is 4.68 Å². The quantitative estimate of drug-likeness (QED) is 0.602. The fraction of sp³-hybridized carbons (Fsp3) is 0.667. The molecule has 0 atom stereocenters. The lowest BCUT2D eigenvalue weighted by Crippen LogP contribution is -2.32. The molecule has 1 saturated heterocycles. The van der Waals surface area contributed by atoms with E-state index in [1.807, 2.05) is 4.68 Å². The van der Waals surface area contributed by atoms with Crippen molar-refractivity contribution in [2.45, 2.75) is 18.9 Å². The van der Waals surface area contributed by atoms with Gasteiger partial charge in [-0.05, 0) is 33.0 Å². The summed E-state index contributed by atoms with van der Waals surface area (Å²) in [7, 11) is 0.701. The van der Waals surface area contributed by atoms with Gasteiger partial charge in [0.15, 0.2) is 0 Å². The molecule has 82 valence electrons. The lowest BCUT2D eigenvalue weighted by molar-refractivity contribution is 0.212. The highest BCUT2D eigenvalue weighted by Gasteiger charge is 2.20. The van der Waals surface area contributed by atoms with Gasteiger partial charge < -0.3 is 14.9 Å². The first-order valence-electron chi connectivity index (χ1n) is 5.25. The van der Waals surface area contributed by atoms with Crippen LogP contribution in [0.15, 0.2) is 12.4 Å². The van der Waals surface area contributed by atoms with E-state index in [0.717, 1.165) is 25.9 Å². The van der Waals surface area contributed by atoms with E-state index in [1.54, 1.807) is 6.20 Å². The van der Waals surface area contributed by atoms with Crippen molar-refractivity contribution >= 4 is 12.6 Å². The number of piperidine rings is 1. The molecule has 15 heavy (non-hydrogen) atoms. The Labute approximate surface area is 89.5 Å². The normalized spacial score (nSPS) is 19.4. The zero-order valence-corrected chi connectivity index (χ0v) is 8.87. The molecule has 1 aromatic rings. The van der Waals surface area contributed by atoms with Crippen molar-refractivity contribution < 1.29 is 10.0 Å². The van der Waals surface area contributed by atoms with Crippen molar-refractivity contribution in [2.24, 2.45) is 0 Å². The maximum Gasteiger partial charge on any atom is 0.491 e. The van der Waals surface area contributed by atoms with E-state index in [0.29, 0.717) is 11.5 Å². The standard InChI is InChI=1S/C9H16BN3O2/c1-12-4-2-9(3-5-12)13-7-8(6-11-13)10(14)15/h6-7,9,14-15H,2-5H2,1H3. The highest BCUT2D eigenvalue weighted by atomic mass is 16.4. The summed E-state index contributed by atoms with van der Waals surface area (Å²) in [5.74, 6) is 0. The summed E-state index contributed by atoms with van der Waals surface area (Å²) in [4.78, 5) is 2.29. The second kappa shape index (κ2) is 4.34. The maximum atomic E-state index is 8.97. The molecule has 0 aliphatic carbocycles. The van der Waals surface area contributed by atoms with Gasteiger partial charge in [0.1, 0.15) is 0 Å². The molecule has 5 nitrogen and oxygen atoms in total. The summed E-state index contributed by atoms with van der Waals surface area (Å²) in [5, 5.41) is 22.1. The first-order valence-corrected chi connectivity index (χ1v) is 5.25. The summed E-state index contributed by atoms with van der Waals surface area (Å²) in [5.41, 5.74) is 0.467. The molecule has 0 radical (unpaired) electrons. The van der Waals surface area contributed by atoms with Crippen LogP contribution in [-0.2, 0) is 0 Å². The fourth-order valence-corrected chi connectivity index (χ4v) is 1.95. The zero-order chi connectivity index (χ0) is 10.8. The largest absolute Gasteiger partial charge is 0.491 e. The van der Waals surface area contributed by atoms with Crippen molar-refractivity contribution in [1.82, 2.24) is 14.7 Å². The Morgan fingerprint density at radius 2 is 2.07 bits per heavy atom. The highest BCUT2D eigenvalue weighted by molar-refractivity contribution is 6.58. The van der Waals surface area contributed by atoms with Crippen LogP contribution in [0.3, 0.4) is 0 Å². The van der Waals surface area contributed by atoms with Gasteiger partial charge in [-0.2, -0.15) is 5.10 Å². The summed E-state index contributed by atoms with van der Waals surface area (Å²) in [6.45, 7) is 2.14. The Morgan fingerprint density at radius 1 is 1.40 bits per heavy atom. The number of likely N-dealkylation sites (tertiary alicyclic amines) is 1. The predicted octanol–water partition coefficient (Wildman–Crippen LogP) is -1.17. The van der Waals surface area contributed by atoms with E-state index in [-0.39, 0.29) is 0 Å². The molecule has 1 fully saturated rings. The average molecular weight is 209 g/mol. The highest BCUT2D eigenvalue weighted by Crippen LogP contribution is 2.19. The van der Waals surface area contributed by atoms with Crippen LogP contribution in [0.2, 0.25) is 0 Å². The van der Waals surface area contributed by atoms with Gasteiger partial charge in [0, 0.05) is 17.9 Å². The Kier molecular flexibility index (Phi) is 3.09. The number of hydrogen-bond acceptors (Lipinski definition) is 4. The molecule has 6 heteroatoms. The first kappa shape index (κ1) is 10.7. The van der Waals surface area contributed by atoms with Crippen LogP contribution in [0.25, 0.3) is 0 Å². The van der Waals surface area contributed by atoms with Gasteiger partial charge >= 0.3 is 7.12 Å². The van der Waals surface area contributed by atoms with Crippen molar-refractivity contribution in [3.05, 3.63) is 12.4 Å². The third-order valence-electron chi connectivity index (χ3n) is 2.98. The Bertz CT molecular complexity index is 321. The van der Waals surface area contributed by atoms with Crippen LogP contribution in [0, 0.1) is 0 Å². The van der Waals surface area contributed by atoms with Crippen LogP contribution in [0.5, 0.6) is 0 Å². The van der Waals surface area contributed by atoms with Crippen molar-refractivity contribution in [3.8, 4) is 0 Å². The third kappa shape index (κ3) is 2.39. The molecule has 1 aliphatic rings. The second-order valence-corrected chi connectivity index (χ2v) is 4.16. The summed E-state index contributed by atoms with van der Waals surface area (Å²) in [6, 6.07) is 0.397. The molecule has 0 bridgehead atoms. The Balaban J connectivity index is 2.03. The van der Waals surface area contributed by atoms with Gasteiger partial charge in [0.2, 0.25) is 0 Å². The number of rotatable bonds is 2. The van der Waals surface area contributed by atoms with Crippen LogP contribution in [0.1, 0.15) is 18.9 Å². The van der Waals surface area contributed by atoms with Crippen LogP contribution >= 0.6 is 0 Å². The average Bonchev–Trinajstić information content (AvgIpc) is 2.68. The molecule has 0 aromatic carbocycles. The monoisotopic (exact) mass is 209 g/mol. The van der Waals surface area contributed by atoms with Crippen molar-refractivity contribution in [1.29, 1.82) is 0 Å². The van der Waals surface area contributed by atoms with Crippen molar-refractivity contribution in [3.63, 3.8) is 0 Å². The van der Waals surface area contributed by atoms with E-state index in [4.69, 9.17) is 10.0 Å². The minimum Gasteiger partial charge on any atom is -0.423 e. The fourth-order valence-electron chi connectivity index (χ4n) is 1.95. The number of hydrogen-bond donors (Lipinski definition) is 2. The van der Waals surface area contributed by atoms with Crippen molar-refractivity contribution in [2.75, 3.05) is 20.1 Å².